The Hall–Kier alpha value is -2.11. The number of aryl methyl sites for hydroxylation is 3. The molecule has 6 nitrogen and oxygen atoms in total. The van der Waals surface area contributed by atoms with Crippen LogP contribution in [0.15, 0.2) is 10.6 Å². The molecular weight excluding hydrogens is 220 g/mol. The van der Waals surface area contributed by atoms with Crippen LogP contribution in [-0.4, -0.2) is 21.1 Å². The van der Waals surface area contributed by atoms with Gasteiger partial charge in [-0.2, -0.15) is 5.10 Å². The third kappa shape index (κ3) is 2.20. The zero-order valence-electron chi connectivity index (χ0n) is 10.00. The number of H-pyrrole nitrogens is 1. The van der Waals surface area contributed by atoms with Crippen molar-refractivity contribution in [2.24, 2.45) is 0 Å². The van der Waals surface area contributed by atoms with E-state index in [4.69, 9.17) is 4.42 Å². The second-order valence-electron chi connectivity index (χ2n) is 3.73. The Bertz CT molecular complexity index is 541. The Morgan fingerprint density at radius 2 is 2.29 bits per heavy atom. The van der Waals surface area contributed by atoms with Crippen LogP contribution in [0, 0.1) is 13.8 Å². The molecule has 0 spiro atoms. The summed E-state index contributed by atoms with van der Waals surface area (Å²) in [5, 5.41) is 9.34. The molecule has 0 aliphatic heterocycles. The third-order valence-electron chi connectivity index (χ3n) is 2.45. The summed E-state index contributed by atoms with van der Waals surface area (Å²) in [6.07, 6.45) is 2.48. The predicted octanol–water partition coefficient (Wildman–Crippen LogP) is 1.83. The van der Waals surface area contributed by atoms with E-state index in [1.165, 1.54) is 0 Å². The number of rotatable bonds is 3. The minimum atomic E-state index is -0.318. The van der Waals surface area contributed by atoms with Crippen LogP contribution in [0.2, 0.25) is 0 Å². The fourth-order valence-corrected chi connectivity index (χ4v) is 1.60. The molecule has 1 amide bonds. The number of oxazole rings is 1. The maximum Gasteiger partial charge on any atom is 0.294 e. The summed E-state index contributed by atoms with van der Waals surface area (Å²) >= 11 is 0. The normalized spacial score (nSPS) is 10.5. The Balaban J connectivity index is 2.20. The highest BCUT2D eigenvalue weighted by molar-refractivity contribution is 6.02. The van der Waals surface area contributed by atoms with Crippen molar-refractivity contribution in [1.82, 2.24) is 15.2 Å². The maximum atomic E-state index is 11.9. The highest BCUT2D eigenvalue weighted by atomic mass is 16.4. The highest BCUT2D eigenvalue weighted by Crippen LogP contribution is 2.15. The molecule has 0 saturated heterocycles. The fourth-order valence-electron chi connectivity index (χ4n) is 1.60. The molecule has 6 heteroatoms. The van der Waals surface area contributed by atoms with Crippen LogP contribution in [0.5, 0.6) is 0 Å². The summed E-state index contributed by atoms with van der Waals surface area (Å²) < 4.78 is 5.24. The van der Waals surface area contributed by atoms with Gasteiger partial charge in [0, 0.05) is 12.5 Å². The van der Waals surface area contributed by atoms with Gasteiger partial charge in [-0.15, -0.1) is 0 Å². The SMILES string of the molecule is CCc1cn[nH]c1NC(=O)c1oc(C)nc1C. The van der Waals surface area contributed by atoms with Crippen molar-refractivity contribution in [3.63, 3.8) is 0 Å². The van der Waals surface area contributed by atoms with Crippen LogP contribution in [0.3, 0.4) is 0 Å². The third-order valence-corrected chi connectivity index (χ3v) is 2.45. The molecule has 0 aliphatic carbocycles. The van der Waals surface area contributed by atoms with E-state index >= 15 is 0 Å². The standard InChI is InChI=1S/C11H14N4O2/c1-4-8-5-12-15-10(8)14-11(16)9-6(2)13-7(3)17-9/h5H,4H2,1-3H3,(H2,12,14,15,16). The summed E-state index contributed by atoms with van der Waals surface area (Å²) in [5.41, 5.74) is 1.53. The Kier molecular flexibility index (Phi) is 2.95. The second kappa shape index (κ2) is 4.40. The monoisotopic (exact) mass is 234 g/mol. The highest BCUT2D eigenvalue weighted by Gasteiger charge is 2.17. The Labute approximate surface area is 98.4 Å². The molecule has 0 aliphatic rings. The molecule has 90 valence electrons. The number of aromatic amines is 1. The smallest absolute Gasteiger partial charge is 0.294 e. The van der Waals surface area contributed by atoms with Gasteiger partial charge in [-0.05, 0) is 13.3 Å². The van der Waals surface area contributed by atoms with E-state index in [1.807, 2.05) is 6.92 Å². The summed E-state index contributed by atoms with van der Waals surface area (Å²) in [5.74, 6) is 1.00. The van der Waals surface area contributed by atoms with Crippen LogP contribution in [0.25, 0.3) is 0 Å². The lowest BCUT2D eigenvalue weighted by Crippen LogP contribution is -2.13. The van der Waals surface area contributed by atoms with Crippen molar-refractivity contribution in [3.05, 3.63) is 29.1 Å². The van der Waals surface area contributed by atoms with Crippen LogP contribution in [0.4, 0.5) is 5.82 Å². The average molecular weight is 234 g/mol. The number of nitrogens with one attached hydrogen (secondary N) is 2. The first-order valence-corrected chi connectivity index (χ1v) is 5.39. The summed E-state index contributed by atoms with van der Waals surface area (Å²) in [6, 6.07) is 0. The lowest BCUT2D eigenvalue weighted by Gasteiger charge is -2.02. The van der Waals surface area contributed by atoms with Gasteiger partial charge in [0.25, 0.3) is 5.91 Å². The summed E-state index contributed by atoms with van der Waals surface area (Å²) in [4.78, 5) is 16.0. The first-order chi connectivity index (χ1) is 8.11. The van der Waals surface area contributed by atoms with E-state index in [0.717, 1.165) is 12.0 Å². The molecule has 0 saturated carbocycles. The predicted molar refractivity (Wildman–Crippen MR) is 61.9 cm³/mol. The molecule has 0 atom stereocenters. The molecule has 2 heterocycles. The van der Waals surface area contributed by atoms with Crippen LogP contribution < -0.4 is 5.32 Å². The van der Waals surface area contributed by atoms with Crippen LogP contribution in [0.1, 0.15) is 34.6 Å². The van der Waals surface area contributed by atoms with Crippen LogP contribution >= 0.6 is 0 Å². The lowest BCUT2D eigenvalue weighted by molar-refractivity contribution is 0.0994. The van der Waals surface area contributed by atoms with Gasteiger partial charge in [0.15, 0.2) is 5.89 Å². The zero-order valence-corrected chi connectivity index (χ0v) is 10.00. The number of hydrogen-bond donors (Lipinski definition) is 2. The van der Waals surface area contributed by atoms with E-state index < -0.39 is 0 Å². The van der Waals surface area contributed by atoms with Gasteiger partial charge in [0.05, 0.1) is 11.9 Å². The number of hydrogen-bond acceptors (Lipinski definition) is 4. The molecule has 0 bridgehead atoms. The van der Waals surface area contributed by atoms with Crippen molar-refractivity contribution in [2.45, 2.75) is 27.2 Å². The number of carbonyl (C=O) groups is 1. The van der Waals surface area contributed by atoms with E-state index in [2.05, 4.69) is 20.5 Å². The van der Waals surface area contributed by atoms with E-state index in [1.54, 1.807) is 20.0 Å². The molecule has 17 heavy (non-hydrogen) atoms. The Morgan fingerprint density at radius 3 is 2.88 bits per heavy atom. The van der Waals surface area contributed by atoms with E-state index in [0.29, 0.717) is 17.4 Å². The van der Waals surface area contributed by atoms with Crippen molar-refractivity contribution >= 4 is 11.7 Å². The number of amides is 1. The first-order valence-electron chi connectivity index (χ1n) is 5.39. The number of nitrogens with zero attached hydrogens (tertiary/aromatic N) is 2. The summed E-state index contributed by atoms with van der Waals surface area (Å²) in [7, 11) is 0. The molecule has 0 aromatic carbocycles. The molecule has 0 fully saturated rings. The van der Waals surface area contributed by atoms with Crippen molar-refractivity contribution in [1.29, 1.82) is 0 Å². The van der Waals surface area contributed by atoms with Gasteiger partial charge in [0.2, 0.25) is 5.76 Å². The number of aromatic nitrogens is 3. The quantitative estimate of drug-likeness (QED) is 0.848. The van der Waals surface area contributed by atoms with Gasteiger partial charge < -0.3 is 9.73 Å². The van der Waals surface area contributed by atoms with Crippen molar-refractivity contribution in [2.75, 3.05) is 5.32 Å². The molecular formula is C11H14N4O2. The topological polar surface area (TPSA) is 83.8 Å². The van der Waals surface area contributed by atoms with Gasteiger partial charge in [-0.25, -0.2) is 4.98 Å². The second-order valence-corrected chi connectivity index (χ2v) is 3.73. The van der Waals surface area contributed by atoms with E-state index in [9.17, 15) is 4.79 Å². The summed E-state index contributed by atoms with van der Waals surface area (Å²) in [6.45, 7) is 5.43. The minimum Gasteiger partial charge on any atom is -0.436 e. The van der Waals surface area contributed by atoms with E-state index in [-0.39, 0.29) is 11.7 Å². The van der Waals surface area contributed by atoms with Crippen molar-refractivity contribution < 1.29 is 9.21 Å². The van der Waals surface area contributed by atoms with Gasteiger partial charge in [-0.1, -0.05) is 6.92 Å². The minimum absolute atomic E-state index is 0.235. The molecule has 2 aromatic rings. The average Bonchev–Trinajstić information content (AvgIpc) is 2.84. The number of carbonyl (C=O) groups excluding carboxylic acids is 1. The first kappa shape index (κ1) is 11.4. The molecule has 2 aromatic heterocycles. The molecule has 0 radical (unpaired) electrons. The maximum absolute atomic E-state index is 11.9. The number of anilines is 1. The zero-order chi connectivity index (χ0) is 12.4. The molecule has 0 unspecified atom stereocenters. The van der Waals surface area contributed by atoms with Gasteiger partial charge >= 0.3 is 0 Å². The van der Waals surface area contributed by atoms with Crippen LogP contribution in [-0.2, 0) is 6.42 Å². The fraction of sp³-hybridized carbons (Fsp3) is 0.364. The molecule has 2 N–H and O–H groups in total. The Morgan fingerprint density at radius 1 is 1.53 bits per heavy atom. The van der Waals surface area contributed by atoms with Gasteiger partial charge in [-0.3, -0.25) is 9.89 Å². The van der Waals surface area contributed by atoms with Gasteiger partial charge in [0.1, 0.15) is 5.82 Å². The molecule has 2 rings (SSSR count). The largest absolute Gasteiger partial charge is 0.436 e. The van der Waals surface area contributed by atoms with Crippen molar-refractivity contribution in [3.8, 4) is 0 Å². The lowest BCUT2D eigenvalue weighted by atomic mass is 10.2.